The molecular formula is C15H17NO3. The van der Waals surface area contributed by atoms with Gasteiger partial charge in [0.2, 0.25) is 5.43 Å². The van der Waals surface area contributed by atoms with Crippen molar-refractivity contribution < 1.29 is 9.53 Å². The quantitative estimate of drug-likeness (QED) is 0.796. The lowest BCUT2D eigenvalue weighted by Crippen LogP contribution is -2.20. The monoisotopic (exact) mass is 259 g/mol. The number of aromatic nitrogens is 1. The zero-order valence-corrected chi connectivity index (χ0v) is 11.4. The van der Waals surface area contributed by atoms with E-state index < -0.39 is 5.97 Å². The van der Waals surface area contributed by atoms with Gasteiger partial charge < -0.3 is 9.30 Å². The maximum Gasteiger partial charge on any atom is 0.343 e. The Morgan fingerprint density at radius 2 is 2.05 bits per heavy atom. The number of benzene rings is 1. The Labute approximate surface area is 111 Å². The van der Waals surface area contributed by atoms with Crippen molar-refractivity contribution in [1.29, 1.82) is 0 Å². The van der Waals surface area contributed by atoms with Crippen LogP contribution in [0.15, 0.2) is 29.2 Å². The van der Waals surface area contributed by atoms with Gasteiger partial charge in [0, 0.05) is 18.1 Å². The number of rotatable bonds is 3. The lowest BCUT2D eigenvalue weighted by Gasteiger charge is -2.11. The summed E-state index contributed by atoms with van der Waals surface area (Å²) in [6.07, 6.45) is 1.59. The van der Waals surface area contributed by atoms with Crippen molar-refractivity contribution in [2.45, 2.75) is 27.3 Å². The number of carbonyl (C=O) groups excluding carboxylic acids is 1. The minimum atomic E-state index is -0.558. The second-order valence-electron chi connectivity index (χ2n) is 4.40. The molecule has 0 spiro atoms. The average Bonchev–Trinajstić information content (AvgIpc) is 2.39. The molecule has 0 amide bonds. The zero-order valence-electron chi connectivity index (χ0n) is 11.4. The van der Waals surface area contributed by atoms with Gasteiger partial charge in [-0.05, 0) is 38.5 Å². The van der Waals surface area contributed by atoms with Gasteiger partial charge in [0.1, 0.15) is 5.56 Å². The Kier molecular flexibility index (Phi) is 3.69. The number of carbonyl (C=O) groups is 1. The third kappa shape index (κ3) is 2.38. The smallest absolute Gasteiger partial charge is 0.343 e. The Bertz CT molecular complexity index is 686. The number of aryl methyl sites for hydroxylation is 2. The molecular weight excluding hydrogens is 242 g/mol. The van der Waals surface area contributed by atoms with Crippen LogP contribution in [0.4, 0.5) is 0 Å². The Morgan fingerprint density at radius 3 is 2.68 bits per heavy atom. The van der Waals surface area contributed by atoms with E-state index in [4.69, 9.17) is 4.74 Å². The minimum Gasteiger partial charge on any atom is -0.462 e. The molecule has 1 aromatic heterocycles. The standard InChI is InChI=1S/C15H17NO3/c1-4-16-9-12(15(18)19-5-2)14(17)11-7-6-10(3)8-13(11)16/h6-9H,4-5H2,1-3H3. The van der Waals surface area contributed by atoms with Crippen molar-refractivity contribution in [2.75, 3.05) is 6.61 Å². The van der Waals surface area contributed by atoms with Crippen LogP contribution in [0.3, 0.4) is 0 Å². The first-order chi connectivity index (χ1) is 9.08. The van der Waals surface area contributed by atoms with Gasteiger partial charge in [-0.15, -0.1) is 0 Å². The highest BCUT2D eigenvalue weighted by Crippen LogP contribution is 2.14. The van der Waals surface area contributed by atoms with Crippen molar-refractivity contribution in [3.05, 3.63) is 45.7 Å². The molecule has 0 fully saturated rings. The fourth-order valence-electron chi connectivity index (χ4n) is 2.12. The first-order valence-electron chi connectivity index (χ1n) is 6.39. The molecule has 0 aliphatic heterocycles. The van der Waals surface area contributed by atoms with Gasteiger partial charge in [-0.3, -0.25) is 4.79 Å². The van der Waals surface area contributed by atoms with E-state index in [1.54, 1.807) is 19.2 Å². The third-order valence-corrected chi connectivity index (χ3v) is 3.07. The Morgan fingerprint density at radius 1 is 1.32 bits per heavy atom. The highest BCUT2D eigenvalue weighted by molar-refractivity contribution is 5.93. The first kappa shape index (κ1) is 13.3. The molecule has 1 aromatic carbocycles. The summed E-state index contributed by atoms with van der Waals surface area (Å²) in [5.41, 5.74) is 1.76. The van der Waals surface area contributed by atoms with Gasteiger partial charge >= 0.3 is 5.97 Å². The van der Waals surface area contributed by atoms with E-state index in [1.807, 2.05) is 30.5 Å². The van der Waals surface area contributed by atoms with Crippen molar-refractivity contribution >= 4 is 16.9 Å². The molecule has 0 unspecified atom stereocenters. The SMILES string of the molecule is CCOC(=O)c1cn(CC)c2cc(C)ccc2c1=O. The van der Waals surface area contributed by atoms with Crippen LogP contribution < -0.4 is 5.43 Å². The molecule has 2 aromatic rings. The van der Waals surface area contributed by atoms with Crippen LogP contribution in [0.25, 0.3) is 10.9 Å². The van der Waals surface area contributed by atoms with Crippen molar-refractivity contribution in [1.82, 2.24) is 4.57 Å². The number of pyridine rings is 1. The fourth-order valence-corrected chi connectivity index (χ4v) is 2.12. The summed E-state index contributed by atoms with van der Waals surface area (Å²) in [5.74, 6) is -0.558. The predicted octanol–water partition coefficient (Wildman–Crippen LogP) is 2.51. The third-order valence-electron chi connectivity index (χ3n) is 3.07. The van der Waals surface area contributed by atoms with E-state index in [0.717, 1.165) is 11.1 Å². The summed E-state index contributed by atoms with van der Waals surface area (Å²) in [5, 5.41) is 0.554. The van der Waals surface area contributed by atoms with Gasteiger partial charge in [-0.25, -0.2) is 4.79 Å². The van der Waals surface area contributed by atoms with Crippen LogP contribution in [-0.4, -0.2) is 17.1 Å². The minimum absolute atomic E-state index is 0.0973. The van der Waals surface area contributed by atoms with Crippen LogP contribution in [0, 0.1) is 6.92 Å². The number of hydrogen-bond acceptors (Lipinski definition) is 3. The van der Waals surface area contributed by atoms with Crippen LogP contribution in [0.5, 0.6) is 0 Å². The maximum absolute atomic E-state index is 12.3. The predicted molar refractivity (Wildman–Crippen MR) is 74.6 cm³/mol. The van der Waals surface area contributed by atoms with Crippen LogP contribution in [0.2, 0.25) is 0 Å². The molecule has 4 heteroatoms. The number of fused-ring (bicyclic) bond motifs is 1. The topological polar surface area (TPSA) is 48.3 Å². The summed E-state index contributed by atoms with van der Waals surface area (Å²) < 4.78 is 6.83. The van der Waals surface area contributed by atoms with E-state index in [2.05, 4.69) is 0 Å². The van der Waals surface area contributed by atoms with Crippen LogP contribution in [-0.2, 0) is 11.3 Å². The van der Waals surface area contributed by atoms with E-state index in [9.17, 15) is 9.59 Å². The average molecular weight is 259 g/mol. The number of ether oxygens (including phenoxy) is 1. The first-order valence-corrected chi connectivity index (χ1v) is 6.39. The van der Waals surface area contributed by atoms with E-state index in [-0.39, 0.29) is 17.6 Å². The van der Waals surface area contributed by atoms with Crippen molar-refractivity contribution in [2.24, 2.45) is 0 Å². The van der Waals surface area contributed by atoms with Crippen molar-refractivity contribution in [3.63, 3.8) is 0 Å². The summed E-state index contributed by atoms with van der Waals surface area (Å²) in [6, 6.07) is 5.59. The molecule has 0 N–H and O–H groups in total. The molecule has 0 atom stereocenters. The van der Waals surface area contributed by atoms with E-state index in [1.165, 1.54) is 0 Å². The van der Waals surface area contributed by atoms with Gasteiger partial charge in [0.25, 0.3) is 0 Å². The summed E-state index contributed by atoms with van der Waals surface area (Å²) in [4.78, 5) is 24.1. The molecule has 1 heterocycles. The maximum atomic E-state index is 12.3. The van der Waals surface area contributed by atoms with Gasteiger partial charge in [-0.1, -0.05) is 6.07 Å². The molecule has 0 aliphatic carbocycles. The molecule has 0 radical (unpaired) electrons. The molecule has 4 nitrogen and oxygen atoms in total. The molecule has 0 bridgehead atoms. The van der Waals surface area contributed by atoms with Gasteiger partial charge in [0.05, 0.1) is 12.1 Å². The summed E-state index contributed by atoms with van der Waals surface area (Å²) in [6.45, 7) is 6.62. The largest absolute Gasteiger partial charge is 0.462 e. The molecule has 0 saturated carbocycles. The molecule has 2 rings (SSSR count). The highest BCUT2D eigenvalue weighted by atomic mass is 16.5. The highest BCUT2D eigenvalue weighted by Gasteiger charge is 2.15. The van der Waals surface area contributed by atoms with Crippen LogP contribution >= 0.6 is 0 Å². The van der Waals surface area contributed by atoms with Gasteiger partial charge in [-0.2, -0.15) is 0 Å². The fraction of sp³-hybridized carbons (Fsp3) is 0.333. The number of hydrogen-bond donors (Lipinski definition) is 0. The summed E-state index contributed by atoms with van der Waals surface area (Å²) in [7, 11) is 0. The Balaban J connectivity index is 2.76. The van der Waals surface area contributed by atoms with E-state index in [0.29, 0.717) is 11.9 Å². The normalized spacial score (nSPS) is 10.7. The summed E-state index contributed by atoms with van der Waals surface area (Å²) >= 11 is 0. The number of nitrogens with zero attached hydrogens (tertiary/aromatic N) is 1. The molecule has 19 heavy (non-hydrogen) atoms. The zero-order chi connectivity index (χ0) is 14.0. The lowest BCUT2D eigenvalue weighted by molar-refractivity contribution is 0.0524. The number of esters is 1. The lowest BCUT2D eigenvalue weighted by atomic mass is 10.1. The second kappa shape index (κ2) is 5.26. The van der Waals surface area contributed by atoms with E-state index >= 15 is 0 Å². The molecule has 100 valence electrons. The Hall–Kier alpha value is -2.10. The van der Waals surface area contributed by atoms with Gasteiger partial charge in [0.15, 0.2) is 0 Å². The molecule has 0 saturated heterocycles. The molecule has 0 aliphatic rings. The van der Waals surface area contributed by atoms with Crippen molar-refractivity contribution in [3.8, 4) is 0 Å². The van der Waals surface area contributed by atoms with Crippen LogP contribution in [0.1, 0.15) is 29.8 Å². The second-order valence-corrected chi connectivity index (χ2v) is 4.40.